The third-order valence-corrected chi connectivity index (χ3v) is 2.93. The molecule has 0 fully saturated rings. The summed E-state index contributed by atoms with van der Waals surface area (Å²) in [6.07, 6.45) is 2.21. The van der Waals surface area contributed by atoms with E-state index in [0.29, 0.717) is 12.8 Å². The predicted molar refractivity (Wildman–Crippen MR) is 67.1 cm³/mol. The zero-order valence-electron chi connectivity index (χ0n) is 10.4. The van der Waals surface area contributed by atoms with Crippen LogP contribution >= 0.6 is 0 Å². The molecule has 8 heteroatoms. The van der Waals surface area contributed by atoms with E-state index in [0.717, 1.165) is 6.33 Å². The van der Waals surface area contributed by atoms with Crippen molar-refractivity contribution in [1.29, 1.82) is 0 Å². The summed E-state index contributed by atoms with van der Waals surface area (Å²) >= 11 is 0. The lowest BCUT2D eigenvalue weighted by Crippen LogP contribution is -2.35. The molecule has 0 saturated carbocycles. The molecule has 1 aromatic heterocycles. The van der Waals surface area contributed by atoms with E-state index in [9.17, 15) is 15.2 Å². The molecule has 1 aromatic rings. The third kappa shape index (κ3) is 3.04. The first kappa shape index (κ1) is 14.1. The van der Waals surface area contributed by atoms with Crippen molar-refractivity contribution in [2.45, 2.75) is 32.3 Å². The van der Waals surface area contributed by atoms with Gasteiger partial charge in [0.2, 0.25) is 11.6 Å². The van der Waals surface area contributed by atoms with E-state index >= 15 is 0 Å². The Balaban J connectivity index is 2.92. The van der Waals surface area contributed by atoms with Gasteiger partial charge in [0.25, 0.3) is 0 Å². The number of nitrogens with zero attached hydrogens (tertiary/aromatic N) is 3. The van der Waals surface area contributed by atoms with Crippen molar-refractivity contribution < 1.29 is 10.0 Å². The topological polar surface area (TPSA) is 127 Å². The lowest BCUT2D eigenvalue weighted by molar-refractivity contribution is -0.383. The molecule has 0 atom stereocenters. The SMILES string of the molecule is CCC(O)(CC)CNc1ncnc(N)c1[N+](=O)[O-]. The molecule has 0 saturated heterocycles. The van der Waals surface area contributed by atoms with Crippen LogP contribution in [0.15, 0.2) is 6.33 Å². The van der Waals surface area contributed by atoms with Crippen molar-refractivity contribution in [3.8, 4) is 0 Å². The molecule has 8 nitrogen and oxygen atoms in total. The number of aromatic nitrogens is 2. The van der Waals surface area contributed by atoms with Crippen LogP contribution < -0.4 is 11.1 Å². The Morgan fingerprint density at radius 2 is 2.11 bits per heavy atom. The van der Waals surface area contributed by atoms with Crippen LogP contribution in [-0.4, -0.2) is 32.1 Å². The van der Waals surface area contributed by atoms with Gasteiger partial charge in [-0.3, -0.25) is 10.1 Å². The second-order valence-corrected chi connectivity index (χ2v) is 4.00. The van der Waals surface area contributed by atoms with Crippen LogP contribution in [0.5, 0.6) is 0 Å². The Morgan fingerprint density at radius 1 is 1.50 bits per heavy atom. The van der Waals surface area contributed by atoms with Crippen LogP contribution in [0.1, 0.15) is 26.7 Å². The van der Waals surface area contributed by atoms with E-state index in [-0.39, 0.29) is 23.9 Å². The summed E-state index contributed by atoms with van der Waals surface area (Å²) in [6, 6.07) is 0. The van der Waals surface area contributed by atoms with Gasteiger partial charge in [0.1, 0.15) is 6.33 Å². The lowest BCUT2D eigenvalue weighted by atomic mass is 9.98. The highest BCUT2D eigenvalue weighted by Gasteiger charge is 2.26. The largest absolute Gasteiger partial charge is 0.388 e. The van der Waals surface area contributed by atoms with E-state index < -0.39 is 10.5 Å². The van der Waals surface area contributed by atoms with Crippen LogP contribution in [0.4, 0.5) is 17.3 Å². The number of nitrogens with two attached hydrogens (primary N) is 1. The molecular weight excluding hydrogens is 238 g/mol. The minimum absolute atomic E-state index is 0.0211. The molecule has 4 N–H and O–H groups in total. The van der Waals surface area contributed by atoms with Gasteiger partial charge in [-0.15, -0.1) is 0 Å². The van der Waals surface area contributed by atoms with Crippen LogP contribution in [-0.2, 0) is 0 Å². The summed E-state index contributed by atoms with van der Waals surface area (Å²) in [5, 5.41) is 23.7. The zero-order valence-corrected chi connectivity index (χ0v) is 10.4. The maximum atomic E-state index is 10.8. The molecule has 100 valence electrons. The van der Waals surface area contributed by atoms with Crippen molar-refractivity contribution in [1.82, 2.24) is 9.97 Å². The first-order valence-corrected chi connectivity index (χ1v) is 5.64. The van der Waals surface area contributed by atoms with Crippen molar-refractivity contribution in [3.05, 3.63) is 16.4 Å². The number of aliphatic hydroxyl groups is 1. The molecule has 18 heavy (non-hydrogen) atoms. The number of rotatable bonds is 6. The van der Waals surface area contributed by atoms with Gasteiger partial charge in [-0.25, -0.2) is 9.97 Å². The zero-order chi connectivity index (χ0) is 13.8. The minimum Gasteiger partial charge on any atom is -0.388 e. The number of anilines is 2. The second-order valence-electron chi connectivity index (χ2n) is 4.00. The molecular formula is C10H17N5O3. The number of hydrogen-bond donors (Lipinski definition) is 3. The van der Waals surface area contributed by atoms with E-state index in [1.54, 1.807) is 0 Å². The van der Waals surface area contributed by atoms with Gasteiger partial charge in [-0.1, -0.05) is 13.8 Å². The standard InChI is InChI=1S/C10H17N5O3/c1-3-10(16,4-2)5-12-9-7(15(17)18)8(11)13-6-14-9/h6,16H,3-5H2,1-2H3,(H3,11,12,13,14). The molecule has 1 heterocycles. The summed E-state index contributed by atoms with van der Waals surface area (Å²) in [6.45, 7) is 3.85. The Bertz CT molecular complexity index is 434. The molecule has 0 unspecified atom stereocenters. The molecule has 0 bridgehead atoms. The van der Waals surface area contributed by atoms with Crippen LogP contribution in [0.25, 0.3) is 0 Å². The van der Waals surface area contributed by atoms with Crippen molar-refractivity contribution in [3.63, 3.8) is 0 Å². The fraction of sp³-hybridized carbons (Fsp3) is 0.600. The summed E-state index contributed by atoms with van der Waals surface area (Å²) in [5.41, 5.74) is 4.14. The molecule has 0 aliphatic carbocycles. The number of nitro groups is 1. The normalized spacial score (nSPS) is 11.3. The molecule has 0 aromatic carbocycles. The molecule has 1 rings (SSSR count). The van der Waals surface area contributed by atoms with Gasteiger partial charge in [-0.05, 0) is 12.8 Å². The number of hydrogen-bond acceptors (Lipinski definition) is 7. The van der Waals surface area contributed by atoms with Gasteiger partial charge in [0.05, 0.1) is 10.5 Å². The predicted octanol–water partition coefficient (Wildman–Crippen LogP) is 0.930. The molecule has 0 spiro atoms. The Labute approximate surface area is 104 Å². The van der Waals surface area contributed by atoms with Crippen LogP contribution in [0.2, 0.25) is 0 Å². The minimum atomic E-state index is -0.923. The quantitative estimate of drug-likeness (QED) is 0.509. The average molecular weight is 255 g/mol. The van der Waals surface area contributed by atoms with Gasteiger partial charge >= 0.3 is 5.69 Å². The highest BCUT2D eigenvalue weighted by atomic mass is 16.6. The van der Waals surface area contributed by atoms with Gasteiger partial charge in [0.15, 0.2) is 0 Å². The third-order valence-electron chi connectivity index (χ3n) is 2.93. The number of nitrogens with one attached hydrogen (secondary N) is 1. The first-order valence-electron chi connectivity index (χ1n) is 5.64. The van der Waals surface area contributed by atoms with Crippen molar-refractivity contribution >= 4 is 17.3 Å². The Kier molecular flexibility index (Phi) is 4.38. The molecule has 0 aliphatic heterocycles. The van der Waals surface area contributed by atoms with Gasteiger partial charge < -0.3 is 16.2 Å². The monoisotopic (exact) mass is 255 g/mol. The van der Waals surface area contributed by atoms with E-state index in [1.165, 1.54) is 0 Å². The smallest absolute Gasteiger partial charge is 0.352 e. The summed E-state index contributed by atoms with van der Waals surface area (Å²) in [7, 11) is 0. The van der Waals surface area contributed by atoms with E-state index in [2.05, 4.69) is 15.3 Å². The van der Waals surface area contributed by atoms with Gasteiger partial charge in [-0.2, -0.15) is 0 Å². The summed E-state index contributed by atoms with van der Waals surface area (Å²) in [5.74, 6) is -0.179. The van der Waals surface area contributed by atoms with E-state index in [4.69, 9.17) is 5.73 Å². The van der Waals surface area contributed by atoms with E-state index in [1.807, 2.05) is 13.8 Å². The second kappa shape index (κ2) is 5.58. The number of nitrogen functional groups attached to an aromatic ring is 1. The molecule has 0 radical (unpaired) electrons. The summed E-state index contributed by atoms with van der Waals surface area (Å²) < 4.78 is 0. The Morgan fingerprint density at radius 3 is 2.61 bits per heavy atom. The lowest BCUT2D eigenvalue weighted by Gasteiger charge is -2.25. The Hall–Kier alpha value is -1.96. The maximum absolute atomic E-state index is 10.8. The summed E-state index contributed by atoms with van der Waals surface area (Å²) in [4.78, 5) is 17.6. The average Bonchev–Trinajstić information content (AvgIpc) is 2.35. The van der Waals surface area contributed by atoms with Crippen molar-refractivity contribution in [2.24, 2.45) is 0 Å². The molecule has 0 amide bonds. The van der Waals surface area contributed by atoms with Crippen LogP contribution in [0.3, 0.4) is 0 Å². The molecule has 0 aliphatic rings. The maximum Gasteiger partial charge on any atom is 0.352 e. The van der Waals surface area contributed by atoms with Crippen LogP contribution in [0, 0.1) is 10.1 Å². The fourth-order valence-electron chi connectivity index (χ4n) is 1.45. The fourth-order valence-corrected chi connectivity index (χ4v) is 1.45. The van der Waals surface area contributed by atoms with Crippen molar-refractivity contribution in [2.75, 3.05) is 17.6 Å². The first-order chi connectivity index (χ1) is 8.43. The highest BCUT2D eigenvalue weighted by molar-refractivity contribution is 5.67. The highest BCUT2D eigenvalue weighted by Crippen LogP contribution is 2.27. The van der Waals surface area contributed by atoms with Gasteiger partial charge in [0, 0.05) is 6.54 Å².